The Labute approximate surface area is 328 Å². The average Bonchev–Trinajstić information content (AvgIpc) is 3.79. The first-order valence-corrected chi connectivity index (χ1v) is 18.8. The second kappa shape index (κ2) is 20.0. The summed E-state index contributed by atoms with van der Waals surface area (Å²) in [6, 6.07) is 3.45. The van der Waals surface area contributed by atoms with E-state index in [0.29, 0.717) is 57.3 Å². The van der Waals surface area contributed by atoms with Crippen LogP contribution in [-0.2, 0) is 29.2 Å². The maximum atomic E-state index is 13.9. The molecule has 28 heteroatoms. The van der Waals surface area contributed by atoms with Crippen LogP contribution >= 0.6 is 0 Å². The summed E-state index contributed by atoms with van der Waals surface area (Å²) in [6.45, 7) is 2.90. The SMILES string of the molecule is CS(=O)(=O)N1CCC([C@H]2C[C@@H](c3ncc(-c4ccc(N)nc4)[nH]3)N(C(=O)C3CCN(C(=N)N)CC3)C2)CC1.O=C(O)C(F)(F)F.O=C(O)C(F)(F)F.O=C(O)C(F)(F)F. The van der Waals surface area contributed by atoms with Crippen LogP contribution < -0.4 is 11.5 Å². The monoisotopic (exact) mass is 885 g/mol. The highest BCUT2D eigenvalue weighted by Gasteiger charge is 2.44. The Hall–Kier alpha value is -5.41. The molecule has 0 aliphatic carbocycles. The van der Waals surface area contributed by atoms with Crippen LogP contribution in [0.25, 0.3) is 11.3 Å². The van der Waals surface area contributed by atoms with Gasteiger partial charge in [-0.05, 0) is 56.1 Å². The Bertz CT molecular complexity index is 1820. The standard InChI is InChI=1S/C25H37N9O3S.3C2HF3O2/c1-38(36,37)33-10-6-16(7-11-33)19-12-21(23-30-14-20(31-23)18-2-3-22(26)29-13-18)34(15-19)24(35)17-4-8-32(9-5-17)25(27)28;3*3-2(4,5)1(6)7/h2-3,13-14,16-17,19,21H,4-12,15H2,1H3,(H2,26,29)(H3,27,28)(H,30,31);3*(H,6,7)/t19-,21-;;;/m0.../s1. The molecule has 2 aromatic rings. The van der Waals surface area contributed by atoms with E-state index in [0.717, 1.165) is 36.3 Å². The maximum Gasteiger partial charge on any atom is 0.490 e. The van der Waals surface area contributed by atoms with Gasteiger partial charge in [0.1, 0.15) is 11.6 Å². The van der Waals surface area contributed by atoms with Crippen LogP contribution in [0.2, 0.25) is 0 Å². The highest BCUT2D eigenvalue weighted by atomic mass is 32.2. The van der Waals surface area contributed by atoms with Gasteiger partial charge >= 0.3 is 36.4 Å². The van der Waals surface area contributed by atoms with E-state index >= 15 is 0 Å². The number of anilines is 1. The predicted octanol–water partition coefficient (Wildman–Crippen LogP) is 3.12. The van der Waals surface area contributed by atoms with Crippen molar-refractivity contribution >= 4 is 45.6 Å². The first kappa shape index (κ1) is 49.7. The van der Waals surface area contributed by atoms with Gasteiger partial charge in [-0.15, -0.1) is 0 Å². The maximum absolute atomic E-state index is 13.9. The summed E-state index contributed by atoms with van der Waals surface area (Å²) in [7, 11) is -3.19. The summed E-state index contributed by atoms with van der Waals surface area (Å²) >= 11 is 0. The summed E-state index contributed by atoms with van der Waals surface area (Å²) in [5.74, 6) is -6.39. The van der Waals surface area contributed by atoms with Gasteiger partial charge in [0, 0.05) is 50.4 Å². The molecular formula is C31H40F9N9O9S. The Kier molecular flexibility index (Phi) is 16.9. The minimum absolute atomic E-state index is 0.0516. The number of halogens is 9. The Morgan fingerprint density at radius 2 is 1.27 bits per heavy atom. The van der Waals surface area contributed by atoms with Crippen LogP contribution in [0.4, 0.5) is 45.3 Å². The number of piperidine rings is 2. The number of nitrogens with zero attached hydrogens (tertiary/aromatic N) is 5. The molecule has 5 heterocycles. The summed E-state index contributed by atoms with van der Waals surface area (Å²) in [4.78, 5) is 56.6. The van der Waals surface area contributed by atoms with Crippen molar-refractivity contribution in [3.63, 3.8) is 0 Å². The molecule has 3 aliphatic heterocycles. The van der Waals surface area contributed by atoms with Gasteiger partial charge < -0.3 is 41.6 Å². The van der Waals surface area contributed by atoms with Gasteiger partial charge in [0.2, 0.25) is 15.9 Å². The molecule has 0 aromatic carbocycles. The number of carbonyl (C=O) groups excluding carboxylic acids is 1. The highest BCUT2D eigenvalue weighted by molar-refractivity contribution is 7.88. The van der Waals surface area contributed by atoms with Crippen molar-refractivity contribution in [3.8, 4) is 11.3 Å². The number of nitrogens with one attached hydrogen (secondary N) is 2. The Morgan fingerprint density at radius 1 is 0.797 bits per heavy atom. The second-order valence-corrected chi connectivity index (χ2v) is 15.2. The van der Waals surface area contributed by atoms with E-state index in [-0.39, 0.29) is 29.7 Å². The van der Waals surface area contributed by atoms with E-state index in [2.05, 4.69) is 15.0 Å². The van der Waals surface area contributed by atoms with E-state index in [9.17, 15) is 52.7 Å². The Morgan fingerprint density at radius 3 is 1.66 bits per heavy atom. The summed E-state index contributed by atoms with van der Waals surface area (Å²) in [5.41, 5.74) is 13.1. The minimum Gasteiger partial charge on any atom is -0.475 e. The number of likely N-dealkylation sites (tertiary alicyclic amines) is 2. The lowest BCUT2D eigenvalue weighted by molar-refractivity contribution is -0.193. The van der Waals surface area contributed by atoms with Crippen LogP contribution in [0.1, 0.15) is 44.0 Å². The fraction of sp³-hybridized carbons (Fsp3) is 0.581. The average molecular weight is 886 g/mol. The number of aliphatic carboxylic acids is 3. The van der Waals surface area contributed by atoms with Crippen LogP contribution in [0.3, 0.4) is 0 Å². The predicted molar refractivity (Wildman–Crippen MR) is 185 cm³/mol. The topological polar surface area (TPSA) is 290 Å². The number of alkyl halides is 9. The summed E-state index contributed by atoms with van der Waals surface area (Å²) < 4.78 is 121. The molecule has 0 radical (unpaired) electrons. The molecule has 5 rings (SSSR count). The normalized spacial score (nSPS) is 19.6. The number of aromatic amines is 1. The second-order valence-electron chi connectivity index (χ2n) is 13.2. The highest BCUT2D eigenvalue weighted by Crippen LogP contribution is 2.43. The van der Waals surface area contributed by atoms with Crippen LogP contribution in [-0.4, -0.2) is 140 Å². The largest absolute Gasteiger partial charge is 0.490 e. The minimum atomic E-state index is -5.08. The summed E-state index contributed by atoms with van der Waals surface area (Å²) in [6.07, 6.45) is -6.80. The van der Waals surface area contributed by atoms with Crippen molar-refractivity contribution in [3.05, 3.63) is 30.4 Å². The molecule has 0 spiro atoms. The molecule has 3 aliphatic rings. The van der Waals surface area contributed by atoms with E-state index in [1.807, 2.05) is 15.9 Å². The fourth-order valence-corrected chi connectivity index (χ4v) is 7.08. The van der Waals surface area contributed by atoms with Crippen molar-refractivity contribution in [2.75, 3.05) is 44.7 Å². The zero-order chi connectivity index (χ0) is 45.3. The van der Waals surface area contributed by atoms with Gasteiger partial charge in [-0.25, -0.2) is 37.1 Å². The van der Waals surface area contributed by atoms with Gasteiger partial charge in [0.15, 0.2) is 5.96 Å². The molecular weight excluding hydrogens is 845 g/mol. The molecule has 3 fully saturated rings. The quantitative estimate of drug-likeness (QED) is 0.129. The van der Waals surface area contributed by atoms with Gasteiger partial charge in [-0.3, -0.25) is 10.2 Å². The van der Waals surface area contributed by atoms with Crippen molar-refractivity contribution in [1.29, 1.82) is 5.41 Å². The number of sulfonamides is 1. The van der Waals surface area contributed by atoms with Gasteiger partial charge in [0.25, 0.3) is 0 Å². The number of H-pyrrole nitrogens is 1. The van der Waals surface area contributed by atoms with E-state index in [1.165, 1.54) is 6.26 Å². The third-order valence-corrected chi connectivity index (χ3v) is 10.5. The Balaban J connectivity index is 0.000000469. The lowest BCUT2D eigenvalue weighted by Gasteiger charge is -2.35. The zero-order valence-corrected chi connectivity index (χ0v) is 31.5. The number of carboxylic acids is 3. The number of hydrogen-bond acceptors (Lipinski definition) is 10. The lowest BCUT2D eigenvalue weighted by Crippen LogP contribution is -2.46. The number of nitrogens with two attached hydrogens (primary N) is 2. The number of aromatic nitrogens is 3. The number of pyridine rings is 1. The van der Waals surface area contributed by atoms with Crippen LogP contribution in [0, 0.1) is 23.2 Å². The molecule has 2 aromatic heterocycles. The molecule has 2 atom stereocenters. The molecule has 0 unspecified atom stereocenters. The fourth-order valence-electron chi connectivity index (χ4n) is 6.21. The molecule has 0 bridgehead atoms. The number of nitrogen functional groups attached to an aromatic ring is 1. The zero-order valence-electron chi connectivity index (χ0n) is 30.7. The van der Waals surface area contributed by atoms with Crippen molar-refractivity contribution in [2.24, 2.45) is 23.5 Å². The molecule has 332 valence electrons. The van der Waals surface area contributed by atoms with Crippen molar-refractivity contribution < 1.29 is 82.4 Å². The van der Waals surface area contributed by atoms with E-state index in [4.69, 9.17) is 46.6 Å². The van der Waals surface area contributed by atoms with Crippen LogP contribution in [0.15, 0.2) is 24.5 Å². The van der Waals surface area contributed by atoms with E-state index < -0.39 is 46.5 Å². The molecule has 9 N–H and O–H groups in total. The van der Waals surface area contributed by atoms with Gasteiger partial charge in [-0.2, -0.15) is 39.5 Å². The van der Waals surface area contributed by atoms with Crippen molar-refractivity contribution in [1.82, 2.24) is 29.1 Å². The first-order chi connectivity index (χ1) is 26.9. The molecule has 3 saturated heterocycles. The number of hydrogen-bond donors (Lipinski definition) is 7. The number of imidazole rings is 1. The number of guanidine groups is 1. The first-order valence-electron chi connectivity index (χ1n) is 16.9. The number of carbonyl (C=O) groups is 4. The lowest BCUT2D eigenvalue weighted by atomic mass is 9.83. The third-order valence-electron chi connectivity index (χ3n) is 9.17. The molecule has 59 heavy (non-hydrogen) atoms. The number of carboxylic acid groups (broad SMARTS) is 3. The van der Waals surface area contributed by atoms with Crippen molar-refractivity contribution in [2.45, 2.75) is 56.7 Å². The van der Waals surface area contributed by atoms with E-state index in [1.54, 1.807) is 22.8 Å². The molecule has 18 nitrogen and oxygen atoms in total. The van der Waals surface area contributed by atoms with Gasteiger partial charge in [0.05, 0.1) is 24.2 Å². The van der Waals surface area contributed by atoms with Gasteiger partial charge in [-0.1, -0.05) is 0 Å². The third kappa shape index (κ3) is 15.4. The smallest absolute Gasteiger partial charge is 0.475 e. The molecule has 1 amide bonds. The summed E-state index contributed by atoms with van der Waals surface area (Å²) in [5, 5.41) is 29.1. The number of amides is 1. The molecule has 0 saturated carbocycles. The number of rotatable bonds is 5. The van der Waals surface area contributed by atoms with Crippen LogP contribution in [0.5, 0.6) is 0 Å².